The number of hydrogen-bond donors (Lipinski definition) is 2. The van der Waals surface area contributed by atoms with Crippen molar-refractivity contribution in [2.45, 2.75) is 13.8 Å². The Bertz CT molecular complexity index is 996. The molecule has 3 aromatic rings. The third kappa shape index (κ3) is 3.55. The number of benzene rings is 2. The van der Waals surface area contributed by atoms with Crippen LogP contribution in [0.2, 0.25) is 0 Å². The molecule has 0 saturated carbocycles. The van der Waals surface area contributed by atoms with Crippen molar-refractivity contribution in [3.8, 4) is 11.3 Å². The van der Waals surface area contributed by atoms with Crippen LogP contribution in [-0.4, -0.2) is 15.8 Å². The molecule has 0 bridgehead atoms. The van der Waals surface area contributed by atoms with Gasteiger partial charge in [0.15, 0.2) is 5.13 Å². The van der Waals surface area contributed by atoms with Gasteiger partial charge < -0.3 is 11.1 Å². The topological polar surface area (TPSA) is 111 Å². The lowest BCUT2D eigenvalue weighted by Crippen LogP contribution is -2.12. The van der Waals surface area contributed by atoms with Gasteiger partial charge in [0.25, 0.3) is 11.6 Å². The zero-order valence-electron chi connectivity index (χ0n) is 14.1. The predicted octanol–water partition coefficient (Wildman–Crippen LogP) is 4.17. The number of amides is 1. The lowest BCUT2D eigenvalue weighted by Gasteiger charge is -2.09. The Labute approximate surface area is 153 Å². The third-order valence-corrected chi connectivity index (χ3v) is 4.73. The summed E-state index contributed by atoms with van der Waals surface area (Å²) in [5, 5.41) is 13.9. The van der Waals surface area contributed by atoms with E-state index in [4.69, 9.17) is 5.73 Å². The van der Waals surface area contributed by atoms with Crippen LogP contribution in [0.15, 0.2) is 42.5 Å². The van der Waals surface area contributed by atoms with E-state index in [1.807, 2.05) is 32.0 Å². The van der Waals surface area contributed by atoms with E-state index < -0.39 is 4.92 Å². The van der Waals surface area contributed by atoms with Crippen LogP contribution >= 0.6 is 11.3 Å². The number of thiazole rings is 1. The van der Waals surface area contributed by atoms with Gasteiger partial charge in [-0.25, -0.2) is 4.98 Å². The molecule has 0 spiro atoms. The van der Waals surface area contributed by atoms with Crippen LogP contribution in [0, 0.1) is 24.0 Å². The molecule has 8 heteroatoms. The molecule has 0 unspecified atom stereocenters. The maximum atomic E-state index is 12.8. The van der Waals surface area contributed by atoms with Gasteiger partial charge >= 0.3 is 0 Å². The van der Waals surface area contributed by atoms with Crippen LogP contribution in [0.3, 0.4) is 0 Å². The lowest BCUT2D eigenvalue weighted by atomic mass is 10.1. The molecule has 0 aliphatic carbocycles. The molecule has 0 radical (unpaired) electrons. The molecular weight excluding hydrogens is 352 g/mol. The molecule has 7 nitrogen and oxygen atoms in total. The molecule has 0 saturated heterocycles. The number of nitrogen functional groups attached to an aromatic ring is 1. The Morgan fingerprint density at radius 1 is 1.19 bits per heavy atom. The maximum absolute atomic E-state index is 12.8. The van der Waals surface area contributed by atoms with E-state index in [0.717, 1.165) is 28.2 Å². The minimum absolute atomic E-state index is 0.0293. The van der Waals surface area contributed by atoms with Crippen LogP contribution in [0.1, 0.15) is 20.8 Å². The second-order valence-corrected chi connectivity index (χ2v) is 6.84. The Kier molecular flexibility index (Phi) is 4.68. The Morgan fingerprint density at radius 3 is 2.54 bits per heavy atom. The van der Waals surface area contributed by atoms with E-state index in [1.165, 1.54) is 12.1 Å². The predicted molar refractivity (Wildman–Crippen MR) is 102 cm³/mol. The molecule has 3 N–H and O–H groups in total. The largest absolute Gasteiger partial charge is 0.375 e. The van der Waals surface area contributed by atoms with E-state index in [0.29, 0.717) is 16.1 Å². The summed E-state index contributed by atoms with van der Waals surface area (Å²) >= 11 is 1.08. The van der Waals surface area contributed by atoms with Crippen molar-refractivity contribution in [1.82, 2.24) is 4.98 Å². The first-order valence-electron chi connectivity index (χ1n) is 7.75. The molecule has 0 atom stereocenters. The molecule has 2 aromatic carbocycles. The normalized spacial score (nSPS) is 10.5. The second-order valence-electron chi connectivity index (χ2n) is 5.81. The van der Waals surface area contributed by atoms with Crippen molar-refractivity contribution in [2.75, 3.05) is 11.1 Å². The Balaban J connectivity index is 1.94. The third-order valence-electron chi connectivity index (χ3n) is 3.84. The highest BCUT2D eigenvalue weighted by Gasteiger charge is 2.20. The number of nitro benzene ring substituents is 1. The van der Waals surface area contributed by atoms with Crippen LogP contribution in [-0.2, 0) is 0 Å². The van der Waals surface area contributed by atoms with Gasteiger partial charge in [0, 0.05) is 23.4 Å². The fourth-order valence-electron chi connectivity index (χ4n) is 2.48. The Morgan fingerprint density at radius 2 is 1.88 bits per heavy atom. The van der Waals surface area contributed by atoms with E-state index in [-0.39, 0.29) is 16.7 Å². The van der Waals surface area contributed by atoms with Crippen molar-refractivity contribution in [3.63, 3.8) is 0 Å². The monoisotopic (exact) mass is 368 g/mol. The molecule has 0 aliphatic heterocycles. The molecule has 0 fully saturated rings. The van der Waals surface area contributed by atoms with Crippen molar-refractivity contribution < 1.29 is 9.72 Å². The molecule has 1 heterocycles. The summed E-state index contributed by atoms with van der Waals surface area (Å²) in [6, 6.07) is 11.7. The summed E-state index contributed by atoms with van der Waals surface area (Å²) in [4.78, 5) is 27.7. The Hall–Kier alpha value is -3.26. The highest BCUT2D eigenvalue weighted by Crippen LogP contribution is 2.31. The fraction of sp³-hybridized carbons (Fsp3) is 0.111. The van der Waals surface area contributed by atoms with Crippen LogP contribution in [0.4, 0.5) is 16.5 Å². The molecule has 3 rings (SSSR count). The fourth-order valence-corrected chi connectivity index (χ4v) is 3.23. The number of aromatic nitrogens is 1. The number of hydrogen-bond acceptors (Lipinski definition) is 6. The first kappa shape index (κ1) is 17.6. The van der Waals surface area contributed by atoms with Crippen molar-refractivity contribution >= 4 is 33.8 Å². The van der Waals surface area contributed by atoms with Crippen LogP contribution in [0.25, 0.3) is 11.3 Å². The van der Waals surface area contributed by atoms with Gasteiger partial charge in [-0.05, 0) is 43.2 Å². The van der Waals surface area contributed by atoms with Crippen LogP contribution < -0.4 is 11.1 Å². The van der Waals surface area contributed by atoms with Crippen molar-refractivity contribution in [2.24, 2.45) is 0 Å². The van der Waals surface area contributed by atoms with Gasteiger partial charge in [0.05, 0.1) is 10.6 Å². The molecule has 0 aliphatic rings. The lowest BCUT2D eigenvalue weighted by molar-refractivity contribution is -0.384. The average molecular weight is 368 g/mol. The number of carbonyl (C=O) groups is 1. The summed E-state index contributed by atoms with van der Waals surface area (Å²) < 4.78 is 0. The van der Waals surface area contributed by atoms with E-state index in [2.05, 4.69) is 10.3 Å². The molecule has 132 valence electrons. The number of aryl methyl sites for hydroxylation is 2. The first-order chi connectivity index (χ1) is 12.3. The number of nitrogens with zero attached hydrogens (tertiary/aromatic N) is 2. The average Bonchev–Trinajstić information content (AvgIpc) is 3.00. The van der Waals surface area contributed by atoms with E-state index in [9.17, 15) is 14.9 Å². The summed E-state index contributed by atoms with van der Waals surface area (Å²) in [5.74, 6) is -0.318. The summed E-state index contributed by atoms with van der Waals surface area (Å²) in [5.41, 5.74) is 9.46. The molecular formula is C18H16N4O3S. The smallest absolute Gasteiger partial charge is 0.269 e. The quantitative estimate of drug-likeness (QED) is 0.530. The van der Waals surface area contributed by atoms with Gasteiger partial charge in [-0.15, -0.1) is 0 Å². The minimum atomic E-state index is -0.479. The molecule has 26 heavy (non-hydrogen) atoms. The van der Waals surface area contributed by atoms with Gasteiger partial charge in [0.2, 0.25) is 0 Å². The summed E-state index contributed by atoms with van der Waals surface area (Å²) in [7, 11) is 0. The maximum Gasteiger partial charge on any atom is 0.269 e. The number of nitro groups is 1. The summed E-state index contributed by atoms with van der Waals surface area (Å²) in [6.45, 7) is 3.86. The highest BCUT2D eigenvalue weighted by molar-refractivity contribution is 7.17. The van der Waals surface area contributed by atoms with E-state index >= 15 is 0 Å². The number of nitrogens with two attached hydrogens (primary N) is 1. The van der Waals surface area contributed by atoms with Gasteiger partial charge in [-0.3, -0.25) is 14.9 Å². The zero-order valence-corrected chi connectivity index (χ0v) is 15.0. The van der Waals surface area contributed by atoms with Gasteiger partial charge in [0.1, 0.15) is 4.88 Å². The minimum Gasteiger partial charge on any atom is -0.375 e. The number of rotatable bonds is 4. The van der Waals surface area contributed by atoms with Crippen molar-refractivity contribution in [1.29, 1.82) is 0 Å². The first-order valence-corrected chi connectivity index (χ1v) is 8.56. The number of nitrogens with one attached hydrogen (secondary N) is 1. The molecule has 1 aromatic heterocycles. The standard InChI is InChI=1S/C18H16N4O3S/c1-10-3-4-11(2)14(9-10)20-17(23)16-15(21-18(19)26-16)12-5-7-13(8-6-12)22(24)25/h3-9H,1-2H3,(H2,19,21)(H,20,23). The number of anilines is 2. The van der Waals surface area contributed by atoms with Crippen LogP contribution in [0.5, 0.6) is 0 Å². The SMILES string of the molecule is Cc1ccc(C)c(NC(=O)c2sc(N)nc2-c2ccc([N+](=O)[O-])cc2)c1. The highest BCUT2D eigenvalue weighted by atomic mass is 32.1. The zero-order chi connectivity index (χ0) is 18.8. The van der Waals surface area contributed by atoms with Crippen molar-refractivity contribution in [3.05, 3.63) is 68.6 Å². The van der Waals surface area contributed by atoms with Gasteiger partial charge in [-0.2, -0.15) is 0 Å². The van der Waals surface area contributed by atoms with Gasteiger partial charge in [-0.1, -0.05) is 23.5 Å². The molecule has 1 amide bonds. The summed E-state index contributed by atoms with van der Waals surface area (Å²) in [6.07, 6.45) is 0. The second kappa shape index (κ2) is 6.93. The number of carbonyl (C=O) groups excluding carboxylic acids is 1. The number of non-ortho nitro benzene ring substituents is 1. The van der Waals surface area contributed by atoms with E-state index in [1.54, 1.807) is 12.1 Å².